The van der Waals surface area contributed by atoms with Crippen LogP contribution in [0.4, 0.5) is 0 Å². The van der Waals surface area contributed by atoms with Crippen molar-refractivity contribution in [2.45, 2.75) is 27.2 Å². The molecule has 0 atom stereocenters. The number of carboxylic acids is 1. The van der Waals surface area contributed by atoms with Crippen LogP contribution in [0.5, 0.6) is 0 Å². The molecule has 96 valence electrons. The van der Waals surface area contributed by atoms with Crippen molar-refractivity contribution in [2.75, 3.05) is 0 Å². The first kappa shape index (κ1) is 13.1. The number of imidazole rings is 1. The van der Waals surface area contributed by atoms with Crippen molar-refractivity contribution in [1.82, 2.24) is 9.38 Å². The lowest BCUT2D eigenvalue weighted by atomic mass is 9.92. The molecule has 0 radical (unpaired) electrons. The fourth-order valence-electron chi connectivity index (χ4n) is 1.84. The van der Waals surface area contributed by atoms with E-state index in [1.165, 1.54) is 0 Å². The molecule has 0 saturated heterocycles. The number of halogens is 1. The Morgan fingerprint density at radius 2 is 2.17 bits per heavy atom. The maximum Gasteiger partial charge on any atom is 0.335 e. The minimum atomic E-state index is -0.928. The van der Waals surface area contributed by atoms with Crippen molar-refractivity contribution in [3.05, 3.63) is 34.3 Å². The topological polar surface area (TPSA) is 54.6 Å². The highest BCUT2D eigenvalue weighted by atomic mass is 79.9. The summed E-state index contributed by atoms with van der Waals surface area (Å²) < 4.78 is 2.62. The number of carbonyl (C=O) groups is 1. The second kappa shape index (κ2) is 4.39. The summed E-state index contributed by atoms with van der Waals surface area (Å²) in [4.78, 5) is 15.4. The molecule has 0 spiro atoms. The van der Waals surface area contributed by atoms with Gasteiger partial charge in [0.15, 0.2) is 0 Å². The second-order valence-electron chi connectivity index (χ2n) is 5.53. The molecule has 4 nitrogen and oxygen atoms in total. The molecular formula is C13H15BrN2O2. The maximum atomic E-state index is 10.9. The number of fused-ring (bicyclic) bond motifs is 1. The molecule has 5 heteroatoms. The Morgan fingerprint density at radius 3 is 2.72 bits per heavy atom. The Bertz CT molecular complexity index is 611. The van der Waals surface area contributed by atoms with Gasteiger partial charge in [0.2, 0.25) is 0 Å². The first-order chi connectivity index (χ1) is 8.28. The lowest BCUT2D eigenvalue weighted by Gasteiger charge is -2.16. The number of hydrogen-bond acceptors (Lipinski definition) is 2. The largest absolute Gasteiger partial charge is 0.478 e. The summed E-state index contributed by atoms with van der Waals surface area (Å²) in [5, 5.41) is 8.98. The van der Waals surface area contributed by atoms with Gasteiger partial charge >= 0.3 is 5.97 Å². The van der Waals surface area contributed by atoms with Gasteiger partial charge < -0.3 is 9.51 Å². The van der Waals surface area contributed by atoms with Crippen LogP contribution in [-0.2, 0) is 6.42 Å². The Balaban J connectivity index is 2.56. The average Bonchev–Trinajstić information content (AvgIpc) is 2.53. The van der Waals surface area contributed by atoms with Crippen molar-refractivity contribution >= 4 is 27.4 Å². The van der Waals surface area contributed by atoms with Gasteiger partial charge in [-0.05, 0) is 33.5 Å². The second-order valence-corrected chi connectivity index (χ2v) is 6.28. The Hall–Kier alpha value is -1.36. The van der Waals surface area contributed by atoms with Crippen molar-refractivity contribution in [2.24, 2.45) is 5.41 Å². The van der Waals surface area contributed by atoms with Gasteiger partial charge in [-0.1, -0.05) is 20.8 Å². The van der Waals surface area contributed by atoms with Gasteiger partial charge in [0.05, 0.1) is 11.1 Å². The summed E-state index contributed by atoms with van der Waals surface area (Å²) in [7, 11) is 0. The molecule has 0 saturated carbocycles. The van der Waals surface area contributed by atoms with E-state index in [0.717, 1.165) is 17.8 Å². The normalized spacial score (nSPS) is 12.0. The average molecular weight is 311 g/mol. The van der Waals surface area contributed by atoms with Crippen LogP contribution in [0.25, 0.3) is 5.52 Å². The van der Waals surface area contributed by atoms with Crippen molar-refractivity contribution in [3.63, 3.8) is 0 Å². The van der Waals surface area contributed by atoms with Gasteiger partial charge in [0.1, 0.15) is 10.4 Å². The van der Waals surface area contributed by atoms with E-state index < -0.39 is 5.97 Å². The van der Waals surface area contributed by atoms with Crippen LogP contribution in [0.1, 0.15) is 37.0 Å². The summed E-state index contributed by atoms with van der Waals surface area (Å²) in [5.41, 5.74) is 1.19. The molecule has 0 aromatic carbocycles. The third kappa shape index (κ3) is 2.56. The summed E-state index contributed by atoms with van der Waals surface area (Å²) in [5.74, 6) is 0.00397. The predicted octanol–water partition coefficient (Wildman–Crippen LogP) is 3.38. The fraction of sp³-hybridized carbons (Fsp3) is 0.385. The molecule has 2 heterocycles. The van der Waals surface area contributed by atoms with Crippen LogP contribution in [0.15, 0.2) is 22.9 Å². The van der Waals surface area contributed by atoms with Gasteiger partial charge in [-0.25, -0.2) is 9.78 Å². The van der Waals surface area contributed by atoms with Gasteiger partial charge in [-0.2, -0.15) is 0 Å². The zero-order valence-corrected chi connectivity index (χ0v) is 12.2. The smallest absolute Gasteiger partial charge is 0.335 e. The van der Waals surface area contributed by atoms with Crippen LogP contribution in [-0.4, -0.2) is 20.5 Å². The molecular weight excluding hydrogens is 296 g/mol. The van der Waals surface area contributed by atoms with E-state index in [9.17, 15) is 4.79 Å². The van der Waals surface area contributed by atoms with Crippen LogP contribution >= 0.6 is 15.9 Å². The predicted molar refractivity (Wildman–Crippen MR) is 73.0 cm³/mol. The molecule has 0 bridgehead atoms. The molecule has 0 aliphatic carbocycles. The van der Waals surface area contributed by atoms with Crippen molar-refractivity contribution < 1.29 is 9.90 Å². The SMILES string of the molecule is CC(C)(C)Cc1nc(Br)c2cc(C(=O)O)ccn12. The monoisotopic (exact) mass is 310 g/mol. The maximum absolute atomic E-state index is 10.9. The summed E-state index contributed by atoms with van der Waals surface area (Å²) in [6.07, 6.45) is 2.59. The Kier molecular flexibility index (Phi) is 3.19. The first-order valence-corrected chi connectivity index (χ1v) is 6.47. The lowest BCUT2D eigenvalue weighted by molar-refractivity contribution is 0.0697. The molecule has 2 aromatic rings. The molecule has 18 heavy (non-hydrogen) atoms. The van der Waals surface area contributed by atoms with E-state index in [1.807, 2.05) is 4.40 Å². The van der Waals surface area contributed by atoms with E-state index in [2.05, 4.69) is 41.7 Å². The number of hydrogen-bond donors (Lipinski definition) is 1. The van der Waals surface area contributed by atoms with Crippen LogP contribution in [0, 0.1) is 5.41 Å². The lowest BCUT2D eigenvalue weighted by Crippen LogP contribution is -2.12. The van der Waals surface area contributed by atoms with E-state index in [0.29, 0.717) is 4.60 Å². The summed E-state index contributed by atoms with van der Waals surface area (Å²) in [6, 6.07) is 3.22. The third-order valence-electron chi connectivity index (χ3n) is 2.61. The molecule has 1 N–H and O–H groups in total. The number of aromatic carboxylic acids is 1. The highest BCUT2D eigenvalue weighted by Gasteiger charge is 2.18. The molecule has 0 unspecified atom stereocenters. The molecule has 2 rings (SSSR count). The third-order valence-corrected chi connectivity index (χ3v) is 3.19. The zero-order chi connectivity index (χ0) is 13.5. The van der Waals surface area contributed by atoms with E-state index in [-0.39, 0.29) is 11.0 Å². The highest BCUT2D eigenvalue weighted by molar-refractivity contribution is 9.10. The van der Waals surface area contributed by atoms with Gasteiger partial charge in [-0.3, -0.25) is 0 Å². The molecule has 0 amide bonds. The van der Waals surface area contributed by atoms with Crippen molar-refractivity contribution in [3.8, 4) is 0 Å². The van der Waals surface area contributed by atoms with Crippen molar-refractivity contribution in [1.29, 1.82) is 0 Å². The fourth-order valence-corrected chi connectivity index (χ4v) is 2.35. The molecule has 0 fully saturated rings. The highest BCUT2D eigenvalue weighted by Crippen LogP contribution is 2.25. The number of pyridine rings is 1. The van der Waals surface area contributed by atoms with E-state index >= 15 is 0 Å². The van der Waals surface area contributed by atoms with Crippen LogP contribution in [0.2, 0.25) is 0 Å². The number of aromatic nitrogens is 2. The van der Waals surface area contributed by atoms with Gasteiger partial charge in [0, 0.05) is 12.6 Å². The Morgan fingerprint density at radius 1 is 1.50 bits per heavy atom. The molecule has 2 aromatic heterocycles. The van der Waals surface area contributed by atoms with Gasteiger partial charge in [0.25, 0.3) is 0 Å². The van der Waals surface area contributed by atoms with Crippen LogP contribution in [0.3, 0.4) is 0 Å². The molecule has 0 aliphatic rings. The van der Waals surface area contributed by atoms with E-state index in [4.69, 9.17) is 5.11 Å². The van der Waals surface area contributed by atoms with Crippen LogP contribution < -0.4 is 0 Å². The van der Waals surface area contributed by atoms with Gasteiger partial charge in [-0.15, -0.1) is 0 Å². The Labute approximate surface area is 114 Å². The minimum absolute atomic E-state index is 0.131. The standard InChI is InChI=1S/C13H15BrN2O2/c1-13(2,3)7-10-15-11(14)9-6-8(12(17)18)4-5-16(9)10/h4-6H,7H2,1-3H3,(H,17,18). The van der Waals surface area contributed by atoms with E-state index in [1.54, 1.807) is 18.3 Å². The summed E-state index contributed by atoms with van der Waals surface area (Å²) in [6.45, 7) is 6.44. The minimum Gasteiger partial charge on any atom is -0.478 e. The molecule has 0 aliphatic heterocycles. The number of rotatable bonds is 2. The number of nitrogens with zero attached hydrogens (tertiary/aromatic N) is 2. The first-order valence-electron chi connectivity index (χ1n) is 5.68. The zero-order valence-electron chi connectivity index (χ0n) is 10.6. The quantitative estimate of drug-likeness (QED) is 0.925. The number of carboxylic acid groups (broad SMARTS) is 1. The summed E-state index contributed by atoms with van der Waals surface area (Å²) >= 11 is 3.38.